The molecular weight excluding hydrogens is 212 g/mol. The molecular formula is C6H12N2O3S2. The zero-order valence-corrected chi connectivity index (χ0v) is 8.83. The first-order valence-electron chi connectivity index (χ1n) is 3.80. The number of nitrogens with one attached hydrogen (secondary N) is 2. The maximum atomic E-state index is 11.1. The first-order chi connectivity index (χ1) is 5.87. The maximum Gasteiger partial charge on any atom is 0.190 e. The van der Waals surface area contributed by atoms with Crippen molar-refractivity contribution in [2.24, 2.45) is 0 Å². The largest absolute Gasteiger partial charge is 0.355 e. The van der Waals surface area contributed by atoms with Crippen LogP contribution in [-0.2, 0) is 9.84 Å². The van der Waals surface area contributed by atoms with E-state index in [1.807, 2.05) is 0 Å². The summed E-state index contributed by atoms with van der Waals surface area (Å²) in [5, 5.41) is 11.2. The fraction of sp³-hybridized carbons (Fsp3) is 0.833. The molecule has 0 aromatic rings. The monoisotopic (exact) mass is 224 g/mol. The Bertz CT molecular complexity index is 314. The van der Waals surface area contributed by atoms with Crippen LogP contribution in [0.3, 0.4) is 0 Å². The lowest BCUT2D eigenvalue weighted by Gasteiger charge is -2.24. The van der Waals surface area contributed by atoms with E-state index in [9.17, 15) is 8.42 Å². The molecule has 0 aliphatic carbocycles. The van der Waals surface area contributed by atoms with Gasteiger partial charge in [0.15, 0.2) is 14.9 Å². The predicted octanol–water partition coefficient (Wildman–Crippen LogP) is -0.583. The highest BCUT2D eigenvalue weighted by Crippen LogP contribution is 2.22. The van der Waals surface area contributed by atoms with Gasteiger partial charge in [-0.25, -0.2) is 13.9 Å². The molecule has 1 atom stereocenters. The summed E-state index contributed by atoms with van der Waals surface area (Å²) in [6.07, 6.45) is 0.511. The third-order valence-electron chi connectivity index (χ3n) is 2.02. The van der Waals surface area contributed by atoms with Crippen LogP contribution in [0.25, 0.3) is 0 Å². The molecule has 1 aliphatic heterocycles. The Hall–Kier alpha value is -0.400. The summed E-state index contributed by atoms with van der Waals surface area (Å²) in [5.41, 5.74) is 1.22. The molecule has 7 heteroatoms. The molecule has 0 bridgehead atoms. The van der Waals surface area contributed by atoms with E-state index in [2.05, 4.69) is 17.5 Å². The molecule has 0 radical (unpaired) electrons. The summed E-state index contributed by atoms with van der Waals surface area (Å²) < 4.78 is 22.3. The zero-order chi connectivity index (χ0) is 10.1. The van der Waals surface area contributed by atoms with Crippen molar-refractivity contribution in [3.8, 4) is 0 Å². The van der Waals surface area contributed by atoms with Crippen LogP contribution in [0.5, 0.6) is 0 Å². The molecule has 0 aromatic carbocycles. The predicted molar refractivity (Wildman–Crippen MR) is 52.3 cm³/mol. The lowest BCUT2D eigenvalue weighted by atomic mass is 10.0. The number of sulfone groups is 1. The Balaban J connectivity index is 2.65. The van der Waals surface area contributed by atoms with Crippen molar-refractivity contribution in [1.82, 2.24) is 10.8 Å². The highest BCUT2D eigenvalue weighted by Gasteiger charge is 2.38. The summed E-state index contributed by atoms with van der Waals surface area (Å²) in [6, 6.07) is 0. The summed E-state index contributed by atoms with van der Waals surface area (Å²) in [7, 11) is -2.94. The average Bonchev–Trinajstić information content (AvgIpc) is 2.25. The number of rotatable bonds is 1. The third kappa shape index (κ3) is 2.78. The van der Waals surface area contributed by atoms with Gasteiger partial charge in [-0.15, -0.1) is 0 Å². The van der Waals surface area contributed by atoms with E-state index in [1.165, 1.54) is 0 Å². The normalized spacial score (nSPS) is 31.2. The van der Waals surface area contributed by atoms with Crippen LogP contribution >= 0.6 is 12.2 Å². The van der Waals surface area contributed by atoms with Crippen molar-refractivity contribution >= 4 is 27.2 Å². The van der Waals surface area contributed by atoms with E-state index in [0.717, 1.165) is 0 Å². The second kappa shape index (κ2) is 3.39. The molecule has 1 rings (SSSR count). The van der Waals surface area contributed by atoms with Gasteiger partial charge in [0.05, 0.1) is 17.0 Å². The fourth-order valence-electron chi connectivity index (χ4n) is 1.41. The molecule has 0 spiro atoms. The fourth-order valence-corrected chi connectivity index (χ4v) is 3.75. The highest BCUT2D eigenvalue weighted by atomic mass is 32.2. The maximum absolute atomic E-state index is 11.1. The molecule has 0 amide bonds. The van der Waals surface area contributed by atoms with E-state index in [4.69, 9.17) is 5.21 Å². The van der Waals surface area contributed by atoms with Crippen LogP contribution in [-0.4, -0.2) is 35.8 Å². The molecule has 0 saturated carbocycles. The lowest BCUT2D eigenvalue weighted by Crippen LogP contribution is -2.50. The number of thiocarbonyl (C=S) groups is 1. The Morgan fingerprint density at radius 1 is 1.62 bits per heavy atom. The van der Waals surface area contributed by atoms with E-state index in [1.54, 1.807) is 12.4 Å². The Morgan fingerprint density at radius 2 is 2.23 bits per heavy atom. The van der Waals surface area contributed by atoms with Gasteiger partial charge >= 0.3 is 0 Å². The molecule has 3 N–H and O–H groups in total. The lowest BCUT2D eigenvalue weighted by molar-refractivity contribution is 0.228. The van der Waals surface area contributed by atoms with Crippen LogP contribution in [0, 0.1) is 0 Å². The van der Waals surface area contributed by atoms with Crippen molar-refractivity contribution in [3.63, 3.8) is 0 Å². The molecule has 5 nitrogen and oxygen atoms in total. The van der Waals surface area contributed by atoms with Crippen LogP contribution in [0.15, 0.2) is 0 Å². The summed E-state index contributed by atoms with van der Waals surface area (Å²) in [6.45, 7) is 1.77. The second-order valence-electron chi connectivity index (χ2n) is 3.47. The van der Waals surface area contributed by atoms with E-state index < -0.39 is 15.4 Å². The minimum atomic E-state index is -2.94. The second-order valence-corrected chi connectivity index (χ2v) is 6.06. The van der Waals surface area contributed by atoms with Crippen LogP contribution in [0.4, 0.5) is 0 Å². The molecule has 1 saturated heterocycles. The van der Waals surface area contributed by atoms with E-state index in [-0.39, 0.29) is 16.6 Å². The number of hydrogen-bond acceptors (Lipinski definition) is 4. The Labute approximate surface area is 82.4 Å². The van der Waals surface area contributed by atoms with E-state index >= 15 is 0 Å². The van der Waals surface area contributed by atoms with Crippen molar-refractivity contribution in [1.29, 1.82) is 0 Å². The first-order valence-corrected chi connectivity index (χ1v) is 6.03. The molecule has 1 heterocycles. The number of hydrogen-bond donors (Lipinski definition) is 3. The quantitative estimate of drug-likeness (QED) is 0.408. The third-order valence-corrected chi connectivity index (χ3v) is 4.12. The Morgan fingerprint density at radius 3 is 2.62 bits per heavy atom. The van der Waals surface area contributed by atoms with Crippen molar-refractivity contribution in [3.05, 3.63) is 0 Å². The van der Waals surface area contributed by atoms with Gasteiger partial charge in [0, 0.05) is 0 Å². The van der Waals surface area contributed by atoms with Gasteiger partial charge in [-0.3, -0.25) is 5.21 Å². The van der Waals surface area contributed by atoms with Crippen LogP contribution in [0.1, 0.15) is 13.3 Å². The van der Waals surface area contributed by atoms with Gasteiger partial charge in [-0.05, 0) is 25.6 Å². The minimum Gasteiger partial charge on any atom is -0.355 e. The standard InChI is InChI=1S/C6H12N2O3S2/c1-6(7-5(12)8-9)2-3-13(10,11)4-6/h9H,2-4H2,1H3,(H2,7,8,12)/t6-/m0/s1. The molecule has 0 unspecified atom stereocenters. The molecule has 1 aliphatic rings. The van der Waals surface area contributed by atoms with Gasteiger partial charge in [-0.2, -0.15) is 0 Å². The van der Waals surface area contributed by atoms with E-state index in [0.29, 0.717) is 6.42 Å². The van der Waals surface area contributed by atoms with Gasteiger partial charge in [0.25, 0.3) is 0 Å². The average molecular weight is 224 g/mol. The summed E-state index contributed by atoms with van der Waals surface area (Å²) >= 11 is 4.67. The molecule has 76 valence electrons. The van der Waals surface area contributed by atoms with Crippen molar-refractivity contribution in [2.75, 3.05) is 11.5 Å². The van der Waals surface area contributed by atoms with Crippen LogP contribution < -0.4 is 10.8 Å². The van der Waals surface area contributed by atoms with Gasteiger partial charge in [0.1, 0.15) is 0 Å². The molecule has 13 heavy (non-hydrogen) atoms. The number of hydroxylamine groups is 1. The van der Waals surface area contributed by atoms with Gasteiger partial charge in [-0.1, -0.05) is 0 Å². The Kier molecular flexibility index (Phi) is 2.79. The van der Waals surface area contributed by atoms with Gasteiger partial charge < -0.3 is 5.32 Å². The topological polar surface area (TPSA) is 78.4 Å². The SMILES string of the molecule is C[C@]1(NC(=S)NO)CCS(=O)(=O)C1. The first kappa shape index (κ1) is 10.7. The van der Waals surface area contributed by atoms with Crippen molar-refractivity contribution < 1.29 is 13.6 Å². The molecule has 1 fully saturated rings. The summed E-state index contributed by atoms with van der Waals surface area (Å²) in [4.78, 5) is 0. The van der Waals surface area contributed by atoms with Crippen molar-refractivity contribution in [2.45, 2.75) is 18.9 Å². The zero-order valence-electron chi connectivity index (χ0n) is 7.20. The minimum absolute atomic E-state index is 0.0552. The van der Waals surface area contributed by atoms with Crippen LogP contribution in [0.2, 0.25) is 0 Å². The smallest absolute Gasteiger partial charge is 0.190 e. The summed E-state index contributed by atoms with van der Waals surface area (Å²) in [5.74, 6) is 0.229. The molecule has 0 aromatic heterocycles. The highest BCUT2D eigenvalue weighted by molar-refractivity contribution is 7.91. The van der Waals surface area contributed by atoms with Gasteiger partial charge in [0.2, 0.25) is 0 Å².